The van der Waals surface area contributed by atoms with E-state index in [1.54, 1.807) is 0 Å². The molecule has 1 aromatic rings. The molecule has 2 heterocycles. The first-order chi connectivity index (χ1) is 12.7. The molecule has 150 valence electrons. The van der Waals surface area contributed by atoms with E-state index in [1.807, 2.05) is 17.0 Å². The number of rotatable bonds is 6. The van der Waals surface area contributed by atoms with E-state index in [0.717, 1.165) is 49.8 Å². The molecule has 2 fully saturated rings. The summed E-state index contributed by atoms with van der Waals surface area (Å²) in [5.41, 5.74) is 2.15. The Labute approximate surface area is 179 Å². The van der Waals surface area contributed by atoms with Crippen LogP contribution in [0.5, 0.6) is 0 Å². The van der Waals surface area contributed by atoms with E-state index in [-0.39, 0.29) is 29.9 Å². The Morgan fingerprint density at radius 3 is 2.59 bits per heavy atom. The monoisotopic (exact) mass is 485 g/mol. The molecule has 0 bridgehead atoms. The van der Waals surface area contributed by atoms with Crippen molar-refractivity contribution < 1.29 is 4.79 Å². The zero-order valence-corrected chi connectivity index (χ0v) is 18.7. The lowest BCUT2D eigenvalue weighted by molar-refractivity contribution is -0.117. The van der Waals surface area contributed by atoms with Crippen molar-refractivity contribution in [2.24, 2.45) is 10.9 Å². The Bertz CT molecular complexity index is 634. The van der Waals surface area contributed by atoms with E-state index < -0.39 is 0 Å². The Morgan fingerprint density at radius 1 is 1.22 bits per heavy atom. The van der Waals surface area contributed by atoms with Crippen LogP contribution < -0.4 is 15.5 Å². The molecule has 1 atom stereocenters. The number of aliphatic imine (C=N–C) groups is 1. The van der Waals surface area contributed by atoms with E-state index >= 15 is 0 Å². The fraction of sp³-hybridized carbons (Fsp3) is 0.600. The minimum absolute atomic E-state index is 0. The summed E-state index contributed by atoms with van der Waals surface area (Å²) in [5, 5.41) is 6.80. The van der Waals surface area contributed by atoms with Crippen LogP contribution in [0.25, 0.3) is 0 Å². The molecule has 27 heavy (non-hydrogen) atoms. The minimum atomic E-state index is 0. The molecular weight excluding hydrogens is 453 g/mol. The first-order valence-corrected chi connectivity index (χ1v) is 9.75. The van der Waals surface area contributed by atoms with E-state index in [0.29, 0.717) is 18.9 Å². The molecule has 1 aromatic carbocycles. The van der Waals surface area contributed by atoms with Crippen LogP contribution in [0.2, 0.25) is 0 Å². The summed E-state index contributed by atoms with van der Waals surface area (Å²) in [5.74, 6) is 1.80. The summed E-state index contributed by atoms with van der Waals surface area (Å²) in [6.07, 6.45) is 2.87. The van der Waals surface area contributed by atoms with Gasteiger partial charge in [-0.25, -0.2) is 4.99 Å². The van der Waals surface area contributed by atoms with Crippen LogP contribution in [-0.2, 0) is 11.3 Å². The Hall–Kier alpha value is -1.35. The van der Waals surface area contributed by atoms with E-state index in [4.69, 9.17) is 4.99 Å². The number of guanidine groups is 1. The number of likely N-dealkylation sites (tertiary alicyclic amines) is 1. The average molecular weight is 485 g/mol. The third kappa shape index (κ3) is 6.34. The number of carbonyl (C=O) groups excluding carboxylic acids is 1. The molecule has 0 spiro atoms. The van der Waals surface area contributed by atoms with Gasteiger partial charge in [-0.15, -0.1) is 24.0 Å². The van der Waals surface area contributed by atoms with Gasteiger partial charge in [-0.2, -0.15) is 0 Å². The molecular formula is C20H32IN5O. The van der Waals surface area contributed by atoms with Crippen LogP contribution in [0.15, 0.2) is 29.3 Å². The lowest BCUT2D eigenvalue weighted by atomic mass is 10.1. The third-order valence-corrected chi connectivity index (χ3v) is 5.13. The normalized spacial score (nSPS) is 20.7. The predicted molar refractivity (Wildman–Crippen MR) is 122 cm³/mol. The van der Waals surface area contributed by atoms with Crippen molar-refractivity contribution in [2.45, 2.75) is 32.7 Å². The number of nitrogens with zero attached hydrogens (tertiary/aromatic N) is 3. The number of halogens is 1. The maximum absolute atomic E-state index is 11.8. The van der Waals surface area contributed by atoms with Gasteiger partial charge in [-0.3, -0.25) is 4.79 Å². The predicted octanol–water partition coefficient (Wildman–Crippen LogP) is 2.44. The van der Waals surface area contributed by atoms with Crippen molar-refractivity contribution in [3.05, 3.63) is 29.8 Å². The van der Waals surface area contributed by atoms with Crippen LogP contribution in [0, 0.1) is 5.92 Å². The van der Waals surface area contributed by atoms with Gasteiger partial charge in [0.25, 0.3) is 0 Å². The summed E-state index contributed by atoms with van der Waals surface area (Å²) in [6, 6.07) is 8.20. The quantitative estimate of drug-likeness (QED) is 0.369. The zero-order valence-electron chi connectivity index (χ0n) is 16.4. The topological polar surface area (TPSA) is 60.0 Å². The van der Waals surface area contributed by atoms with Gasteiger partial charge in [0.15, 0.2) is 5.96 Å². The highest BCUT2D eigenvalue weighted by Crippen LogP contribution is 2.21. The average Bonchev–Trinajstić information content (AvgIpc) is 3.26. The van der Waals surface area contributed by atoms with Gasteiger partial charge in [-0.1, -0.05) is 12.1 Å². The Balaban J connectivity index is 0.00000261. The van der Waals surface area contributed by atoms with Gasteiger partial charge in [0.1, 0.15) is 0 Å². The van der Waals surface area contributed by atoms with Crippen LogP contribution in [0.3, 0.4) is 0 Å². The molecule has 2 aliphatic rings. The summed E-state index contributed by atoms with van der Waals surface area (Å²) < 4.78 is 0. The highest BCUT2D eigenvalue weighted by atomic mass is 127. The number of benzene rings is 1. The fourth-order valence-corrected chi connectivity index (χ4v) is 3.65. The van der Waals surface area contributed by atoms with Gasteiger partial charge >= 0.3 is 0 Å². The molecule has 3 rings (SSSR count). The molecule has 2 aliphatic heterocycles. The van der Waals surface area contributed by atoms with Crippen LogP contribution in [-0.4, -0.2) is 56.5 Å². The SMILES string of the molecule is CCNC(=NCc1ccc(N2CCCC2=O)cc1)NCC1CCN(C)C1.I. The number of anilines is 1. The van der Waals surface area contributed by atoms with Crippen LogP contribution >= 0.6 is 24.0 Å². The first kappa shape index (κ1) is 21.9. The summed E-state index contributed by atoms with van der Waals surface area (Å²) in [6.45, 7) is 7.71. The molecule has 7 heteroatoms. The molecule has 0 radical (unpaired) electrons. The van der Waals surface area contributed by atoms with Gasteiger partial charge in [0.05, 0.1) is 6.54 Å². The maximum atomic E-state index is 11.8. The van der Waals surface area contributed by atoms with Crippen molar-refractivity contribution in [2.75, 3.05) is 44.7 Å². The number of amides is 1. The van der Waals surface area contributed by atoms with E-state index in [1.165, 1.54) is 13.0 Å². The number of hydrogen-bond donors (Lipinski definition) is 2. The highest BCUT2D eigenvalue weighted by molar-refractivity contribution is 14.0. The summed E-state index contributed by atoms with van der Waals surface area (Å²) >= 11 is 0. The largest absolute Gasteiger partial charge is 0.357 e. The van der Waals surface area contributed by atoms with Gasteiger partial charge < -0.3 is 20.4 Å². The van der Waals surface area contributed by atoms with Gasteiger partial charge in [-0.05, 0) is 57.0 Å². The van der Waals surface area contributed by atoms with E-state index in [9.17, 15) is 4.79 Å². The van der Waals surface area contributed by atoms with Gasteiger partial charge in [0.2, 0.25) is 5.91 Å². The lowest BCUT2D eigenvalue weighted by Gasteiger charge is -2.16. The van der Waals surface area contributed by atoms with E-state index in [2.05, 4.69) is 41.6 Å². The molecule has 0 aliphatic carbocycles. The van der Waals surface area contributed by atoms with Crippen LogP contribution in [0.4, 0.5) is 5.69 Å². The number of hydrogen-bond acceptors (Lipinski definition) is 3. The van der Waals surface area contributed by atoms with Crippen molar-refractivity contribution >= 4 is 41.5 Å². The fourth-order valence-electron chi connectivity index (χ4n) is 3.65. The smallest absolute Gasteiger partial charge is 0.227 e. The first-order valence-electron chi connectivity index (χ1n) is 9.75. The Morgan fingerprint density at radius 2 is 2.00 bits per heavy atom. The molecule has 2 N–H and O–H groups in total. The van der Waals surface area contributed by atoms with Crippen molar-refractivity contribution in [1.82, 2.24) is 15.5 Å². The van der Waals surface area contributed by atoms with Crippen molar-refractivity contribution in [1.29, 1.82) is 0 Å². The van der Waals surface area contributed by atoms with Crippen molar-refractivity contribution in [3.8, 4) is 0 Å². The lowest BCUT2D eigenvalue weighted by Crippen LogP contribution is -2.40. The molecule has 0 saturated carbocycles. The Kier molecular flexibility index (Phi) is 8.82. The summed E-state index contributed by atoms with van der Waals surface area (Å²) in [4.78, 5) is 20.8. The minimum Gasteiger partial charge on any atom is -0.357 e. The standard InChI is InChI=1S/C20H31N5O.HI/c1-3-21-20(23-14-17-10-12-24(2)15-17)22-13-16-6-8-18(9-7-16)25-11-4-5-19(25)26;/h6-9,17H,3-5,10-15H2,1-2H3,(H2,21,22,23);1H. The second kappa shape index (κ2) is 10.8. The zero-order chi connectivity index (χ0) is 18.4. The third-order valence-electron chi connectivity index (χ3n) is 5.13. The second-order valence-electron chi connectivity index (χ2n) is 7.31. The van der Waals surface area contributed by atoms with Crippen molar-refractivity contribution in [3.63, 3.8) is 0 Å². The maximum Gasteiger partial charge on any atom is 0.227 e. The molecule has 6 nitrogen and oxygen atoms in total. The molecule has 1 amide bonds. The number of nitrogens with one attached hydrogen (secondary N) is 2. The number of carbonyl (C=O) groups is 1. The molecule has 0 aromatic heterocycles. The highest BCUT2D eigenvalue weighted by Gasteiger charge is 2.21. The van der Waals surface area contributed by atoms with Crippen LogP contribution in [0.1, 0.15) is 31.7 Å². The summed E-state index contributed by atoms with van der Waals surface area (Å²) in [7, 11) is 2.18. The molecule has 1 unspecified atom stereocenters. The van der Waals surface area contributed by atoms with Gasteiger partial charge in [0, 0.05) is 38.3 Å². The second-order valence-corrected chi connectivity index (χ2v) is 7.31. The molecule has 2 saturated heterocycles.